The lowest BCUT2D eigenvalue weighted by Crippen LogP contribution is -2.75. The Morgan fingerprint density at radius 2 is 0.782 bits per heavy atom. The van der Waals surface area contributed by atoms with Crippen LogP contribution in [0.2, 0.25) is 0 Å². The molecule has 2 saturated heterocycles. The summed E-state index contributed by atoms with van der Waals surface area (Å²) in [6.45, 7) is 12.0. The van der Waals surface area contributed by atoms with E-state index in [0.29, 0.717) is 30.0 Å². The first-order chi connectivity index (χ1) is 48.5. The molecule has 10 aromatic carbocycles. The first-order valence-corrected chi connectivity index (χ1v) is 33.5. The number of hydrogen-bond acceptors (Lipinski definition) is 7. The number of nitrogens with two attached hydrogens (primary N) is 1. The zero-order valence-corrected chi connectivity index (χ0v) is 57.1. The van der Waals surface area contributed by atoms with E-state index in [1.807, 2.05) is 218 Å². The molecule has 2 aliphatic rings. The fourth-order valence-electron chi connectivity index (χ4n) is 11.9. The fraction of sp³-hybridized carbons (Fsp3) is 0.217. The van der Waals surface area contributed by atoms with Crippen LogP contribution in [0.3, 0.4) is 0 Å². The van der Waals surface area contributed by atoms with E-state index in [9.17, 15) is 40.7 Å². The normalized spacial score (nSPS) is 13.9. The molecule has 2 unspecified atom stereocenters. The van der Waals surface area contributed by atoms with E-state index in [-0.39, 0.29) is 62.4 Å². The number of ketones is 2. The van der Waals surface area contributed by atoms with Gasteiger partial charge in [0.25, 0.3) is 6.04 Å². The SMILES string of the molecule is CC(Cl)C(=O)N(Cc1ccc(C(F)(F)F)cc1)C1(C(=O)CC(c2ccccc2)c2ccccc2)CN(C(c2ccccc2)c2ccccc2)C1.CC(Cl)C(=O)O.NCc1ccc(C(F)(F)F)cc1.O=C1CN(C(c2ccccc2)c2ccccc2)C1.[C-]#[N+]C(c1ccccc1)c1ccccc1. The Kier molecular flexibility index (Phi) is 28.0. The van der Waals surface area contributed by atoms with Gasteiger partial charge in [-0.2, -0.15) is 26.3 Å². The van der Waals surface area contributed by atoms with Gasteiger partial charge in [0.2, 0.25) is 5.91 Å². The molecule has 3 N–H and O–H groups in total. The molecule has 2 fully saturated rings. The van der Waals surface area contributed by atoms with Crippen molar-refractivity contribution in [1.29, 1.82) is 0 Å². The molecule has 520 valence electrons. The van der Waals surface area contributed by atoms with E-state index in [2.05, 4.69) is 38.9 Å². The van der Waals surface area contributed by atoms with Crippen LogP contribution in [0.5, 0.6) is 0 Å². The van der Waals surface area contributed by atoms with Crippen molar-refractivity contribution in [3.63, 3.8) is 0 Å². The van der Waals surface area contributed by atoms with Crippen molar-refractivity contribution in [2.45, 2.75) is 86.0 Å². The predicted octanol–water partition coefficient (Wildman–Crippen LogP) is 18.5. The molecule has 2 atom stereocenters. The smallest absolute Gasteiger partial charge is 0.416 e. The van der Waals surface area contributed by atoms with Crippen LogP contribution in [0.1, 0.15) is 111 Å². The van der Waals surface area contributed by atoms with Crippen LogP contribution in [-0.2, 0) is 44.6 Å². The fourth-order valence-corrected chi connectivity index (χ4v) is 12.0. The number of rotatable bonds is 19. The van der Waals surface area contributed by atoms with E-state index in [0.717, 1.165) is 57.6 Å². The van der Waals surface area contributed by atoms with Crippen LogP contribution in [0, 0.1) is 6.57 Å². The lowest BCUT2D eigenvalue weighted by molar-refractivity contribution is -0.162. The molecule has 0 aromatic heterocycles. The average molecular weight is 1410 g/mol. The summed E-state index contributed by atoms with van der Waals surface area (Å²) in [4.78, 5) is 59.6. The molecule has 1 amide bonds. The number of amides is 1. The van der Waals surface area contributed by atoms with Gasteiger partial charge in [-0.15, -0.1) is 23.2 Å². The number of carboxylic acid groups (broad SMARTS) is 1. The summed E-state index contributed by atoms with van der Waals surface area (Å²) in [6.07, 6.45) is -8.65. The van der Waals surface area contributed by atoms with Crippen LogP contribution in [0.25, 0.3) is 4.85 Å². The van der Waals surface area contributed by atoms with Crippen molar-refractivity contribution in [2.24, 2.45) is 5.73 Å². The predicted molar refractivity (Wildman–Crippen MR) is 386 cm³/mol. The minimum Gasteiger partial charge on any atom is -0.480 e. The quantitative estimate of drug-likeness (QED) is 0.0465. The van der Waals surface area contributed by atoms with Gasteiger partial charge in [-0.25, -0.2) is 6.57 Å². The van der Waals surface area contributed by atoms with Crippen molar-refractivity contribution in [1.82, 2.24) is 14.7 Å². The standard InChI is InChI=1S/C42H38ClF3N2O2.C16H15NO.C14H11N.C8H8F3N.C3H5ClO2/c1-30(43)40(50)48(27-31-22-24-36(25-23-31)42(44,45)46)41(38(49)26-37(32-14-6-2-7-15-32)33-16-8-3-9-17-33)28-47(29-41)39(34-18-10-4-11-19-34)35-20-12-5-13-21-35;18-15-11-17(12-15)16(13-7-3-1-4-8-13)14-9-5-2-6-10-14;1-15-14(12-8-4-2-5-9-12)13-10-6-3-7-11-13;9-8(10,11)7-3-1-6(5-12)2-4-7;1-2(4)3(5)6/h2-25,30,37,39H,26-29H2,1H3;1-10,16H,11-12H2;2-11,14H;1-4H,5,12H2;2H,1H3,(H,5,6). The second-order valence-electron chi connectivity index (χ2n) is 24.3. The number of Topliss-reactive ketones (excluding diaryl/α,β-unsaturated/α-hetero) is 2. The van der Waals surface area contributed by atoms with Crippen LogP contribution < -0.4 is 5.73 Å². The number of carbonyl (C=O) groups excluding carboxylic acids is 3. The van der Waals surface area contributed by atoms with Crippen LogP contribution in [-0.4, -0.2) is 85.7 Å². The summed E-state index contributed by atoms with van der Waals surface area (Å²) in [5, 5.41) is 6.13. The van der Waals surface area contributed by atoms with Gasteiger partial charge in [0.05, 0.1) is 36.3 Å². The Morgan fingerprint density at radius 3 is 1.06 bits per heavy atom. The monoisotopic (exact) mass is 1410 g/mol. The highest BCUT2D eigenvalue weighted by molar-refractivity contribution is 6.30. The van der Waals surface area contributed by atoms with Gasteiger partial charge in [0.15, 0.2) is 11.6 Å². The maximum atomic E-state index is 15.1. The molecular formula is C83H77Cl2F6N5O5. The lowest BCUT2D eigenvalue weighted by atomic mass is 9.75. The average Bonchev–Trinajstić information content (AvgIpc) is 0.728. The highest BCUT2D eigenvalue weighted by Gasteiger charge is 2.57. The van der Waals surface area contributed by atoms with E-state index in [1.165, 1.54) is 47.2 Å². The molecule has 0 aliphatic carbocycles. The van der Waals surface area contributed by atoms with Gasteiger partial charge >= 0.3 is 18.3 Å². The third-order valence-corrected chi connectivity index (χ3v) is 17.5. The van der Waals surface area contributed by atoms with Gasteiger partial charge in [0.1, 0.15) is 16.3 Å². The Labute approximate surface area is 596 Å². The molecule has 0 spiro atoms. The molecule has 2 aliphatic heterocycles. The highest BCUT2D eigenvalue weighted by Crippen LogP contribution is 2.44. The van der Waals surface area contributed by atoms with Crippen LogP contribution in [0.15, 0.2) is 291 Å². The third kappa shape index (κ3) is 21.5. The van der Waals surface area contributed by atoms with Crippen molar-refractivity contribution in [2.75, 3.05) is 26.2 Å². The molecule has 0 saturated carbocycles. The Balaban J connectivity index is 0.000000203. The summed E-state index contributed by atoms with van der Waals surface area (Å²) in [6, 6.07) is 89.5. The summed E-state index contributed by atoms with van der Waals surface area (Å²) < 4.78 is 76.3. The lowest BCUT2D eigenvalue weighted by Gasteiger charge is -2.57. The van der Waals surface area contributed by atoms with E-state index in [1.54, 1.807) is 6.92 Å². The number of carbonyl (C=O) groups is 4. The number of alkyl halides is 8. The topological polar surface area (TPSA) is 129 Å². The Hall–Kier alpha value is -9.99. The Morgan fingerprint density at radius 1 is 0.485 bits per heavy atom. The summed E-state index contributed by atoms with van der Waals surface area (Å²) >= 11 is 11.5. The summed E-state index contributed by atoms with van der Waals surface area (Å²) in [5.41, 5.74) is 12.3. The molecule has 0 radical (unpaired) electrons. The van der Waals surface area contributed by atoms with E-state index < -0.39 is 51.6 Å². The molecule has 10 aromatic rings. The molecule has 12 rings (SSSR count). The maximum Gasteiger partial charge on any atom is 0.416 e. The van der Waals surface area contributed by atoms with Gasteiger partial charge in [-0.1, -0.05) is 267 Å². The number of hydrogen-bond donors (Lipinski definition) is 2. The Bertz CT molecular complexity index is 4050. The first-order valence-electron chi connectivity index (χ1n) is 32.6. The molecule has 10 nitrogen and oxygen atoms in total. The summed E-state index contributed by atoms with van der Waals surface area (Å²) in [7, 11) is 0. The number of carboxylic acids is 1. The number of benzene rings is 10. The number of likely N-dealkylation sites (tertiary alicyclic amines) is 2. The summed E-state index contributed by atoms with van der Waals surface area (Å²) in [5.74, 6) is -1.52. The van der Waals surface area contributed by atoms with Crippen LogP contribution >= 0.6 is 23.2 Å². The second kappa shape index (κ2) is 36.9. The first kappa shape index (κ1) is 76.8. The van der Waals surface area contributed by atoms with Crippen molar-refractivity contribution in [3.05, 3.63) is 369 Å². The van der Waals surface area contributed by atoms with E-state index in [4.69, 9.17) is 40.6 Å². The zero-order chi connectivity index (χ0) is 72.5. The van der Waals surface area contributed by atoms with Gasteiger partial charge in [-0.05, 0) is 82.6 Å². The molecule has 2 heterocycles. The third-order valence-electron chi connectivity index (χ3n) is 17.2. The van der Waals surface area contributed by atoms with Crippen molar-refractivity contribution in [3.8, 4) is 0 Å². The van der Waals surface area contributed by atoms with Gasteiger partial charge < -0.3 is 20.6 Å². The maximum absolute atomic E-state index is 15.1. The highest BCUT2D eigenvalue weighted by atomic mass is 35.5. The minimum atomic E-state index is -4.50. The molecule has 18 heteroatoms. The molecule has 0 bridgehead atoms. The van der Waals surface area contributed by atoms with Gasteiger partial charge in [0, 0.05) is 49.6 Å². The molecule has 101 heavy (non-hydrogen) atoms. The van der Waals surface area contributed by atoms with Crippen molar-refractivity contribution >= 4 is 46.6 Å². The van der Waals surface area contributed by atoms with Crippen LogP contribution in [0.4, 0.5) is 26.3 Å². The van der Waals surface area contributed by atoms with E-state index >= 15 is 4.79 Å². The second-order valence-corrected chi connectivity index (χ2v) is 25.6. The van der Waals surface area contributed by atoms with Crippen molar-refractivity contribution < 1.29 is 50.6 Å². The van der Waals surface area contributed by atoms with Gasteiger partial charge in [-0.3, -0.25) is 29.0 Å². The largest absolute Gasteiger partial charge is 0.480 e. The zero-order valence-electron chi connectivity index (χ0n) is 55.6. The number of halogens is 8. The molecular weight excluding hydrogens is 1330 g/mol. The number of nitrogens with zero attached hydrogens (tertiary/aromatic N) is 4. The minimum absolute atomic E-state index is 0.0731. The number of aliphatic carboxylic acids is 1.